The number of fused-ring (bicyclic) bond motifs is 1. The number of nitrogen functional groups attached to an aromatic ring is 1. The third kappa shape index (κ3) is 2.28. The van der Waals surface area contributed by atoms with Crippen molar-refractivity contribution in [3.8, 4) is 0 Å². The number of aliphatic hydroxyl groups excluding tert-OH is 1. The van der Waals surface area contributed by atoms with Gasteiger partial charge in [-0.3, -0.25) is 0 Å². The summed E-state index contributed by atoms with van der Waals surface area (Å²) in [6, 6.07) is 4.60. The lowest BCUT2D eigenvalue weighted by molar-refractivity contribution is 0.262. The minimum absolute atomic E-state index is 0.236. The quantitative estimate of drug-likeness (QED) is 0.847. The lowest BCUT2D eigenvalue weighted by Gasteiger charge is -2.38. The Morgan fingerprint density at radius 1 is 1.42 bits per heavy atom. The van der Waals surface area contributed by atoms with E-state index in [1.54, 1.807) is 11.3 Å². The Hall–Kier alpha value is -1.33. The summed E-state index contributed by atoms with van der Waals surface area (Å²) in [6.45, 7) is 1.25. The van der Waals surface area contributed by atoms with Gasteiger partial charge in [-0.1, -0.05) is 0 Å². The summed E-state index contributed by atoms with van der Waals surface area (Å²) < 4.78 is 1.14. The van der Waals surface area contributed by atoms with E-state index in [4.69, 9.17) is 5.73 Å². The number of piperidine rings is 1. The molecule has 2 heterocycles. The fourth-order valence-electron chi connectivity index (χ4n) is 2.96. The van der Waals surface area contributed by atoms with Crippen molar-refractivity contribution in [1.29, 1.82) is 0 Å². The molecule has 0 aliphatic carbocycles. The predicted octanol–water partition coefficient (Wildman–Crippen LogP) is 2.62. The summed E-state index contributed by atoms with van der Waals surface area (Å²) in [7, 11) is 0. The van der Waals surface area contributed by atoms with Gasteiger partial charge in [0, 0.05) is 19.2 Å². The van der Waals surface area contributed by atoms with Gasteiger partial charge in [0.25, 0.3) is 0 Å². The topological polar surface area (TPSA) is 62.4 Å². The number of hydrogen-bond acceptors (Lipinski definition) is 5. The highest BCUT2D eigenvalue weighted by molar-refractivity contribution is 7.16. The highest BCUT2D eigenvalue weighted by Gasteiger charge is 2.24. The molecule has 1 atom stereocenters. The van der Waals surface area contributed by atoms with Crippen molar-refractivity contribution >= 4 is 32.9 Å². The highest BCUT2D eigenvalue weighted by Crippen LogP contribution is 2.36. The molecule has 1 aliphatic heterocycles. The summed E-state index contributed by atoms with van der Waals surface area (Å²) in [4.78, 5) is 6.72. The largest absolute Gasteiger partial charge is 0.396 e. The summed E-state index contributed by atoms with van der Waals surface area (Å²) in [5.74, 6) is 0. The molecule has 5 heteroatoms. The normalized spacial score (nSPS) is 20.1. The molecule has 2 aromatic rings. The monoisotopic (exact) mass is 277 g/mol. The average Bonchev–Trinajstić information content (AvgIpc) is 2.90. The zero-order chi connectivity index (χ0) is 13.2. The van der Waals surface area contributed by atoms with Crippen molar-refractivity contribution in [2.45, 2.75) is 31.7 Å². The number of thiazole rings is 1. The first-order valence-corrected chi connectivity index (χ1v) is 7.68. The molecule has 3 N–H and O–H groups in total. The minimum atomic E-state index is 0.236. The van der Waals surface area contributed by atoms with Gasteiger partial charge in [-0.05, 0) is 37.8 Å². The van der Waals surface area contributed by atoms with Gasteiger partial charge in [0.05, 0.1) is 21.6 Å². The van der Waals surface area contributed by atoms with Crippen LogP contribution in [-0.2, 0) is 0 Å². The van der Waals surface area contributed by atoms with E-state index in [0.717, 1.165) is 41.0 Å². The number of benzene rings is 1. The lowest BCUT2D eigenvalue weighted by Crippen LogP contribution is -2.40. The molecule has 0 amide bonds. The van der Waals surface area contributed by atoms with Gasteiger partial charge < -0.3 is 15.7 Å². The number of aromatic nitrogens is 1. The maximum Gasteiger partial charge on any atom is 0.106 e. The number of nitrogens with zero attached hydrogens (tertiary/aromatic N) is 2. The standard InChI is InChI=1S/C14H19N3OS/c15-13-11(4-5-12-14(13)16-9-19-12)17-7-2-1-3-10(17)6-8-18/h4-5,9-10,18H,1-3,6-8,15H2. The Morgan fingerprint density at radius 3 is 3.16 bits per heavy atom. The lowest BCUT2D eigenvalue weighted by atomic mass is 9.98. The van der Waals surface area contributed by atoms with Crippen LogP contribution in [0, 0.1) is 0 Å². The number of aliphatic hydroxyl groups is 1. The molecule has 4 nitrogen and oxygen atoms in total. The first-order valence-electron chi connectivity index (χ1n) is 6.80. The molecule has 0 radical (unpaired) electrons. The third-order valence-electron chi connectivity index (χ3n) is 3.92. The van der Waals surface area contributed by atoms with Crippen LogP contribution in [0.15, 0.2) is 17.6 Å². The Bertz CT molecular complexity index is 567. The second-order valence-electron chi connectivity index (χ2n) is 5.05. The summed E-state index contributed by atoms with van der Waals surface area (Å²) in [5, 5.41) is 9.22. The van der Waals surface area contributed by atoms with Gasteiger partial charge in [0.15, 0.2) is 0 Å². The van der Waals surface area contributed by atoms with Gasteiger partial charge in [-0.2, -0.15) is 0 Å². The van der Waals surface area contributed by atoms with Crippen molar-refractivity contribution in [3.63, 3.8) is 0 Å². The van der Waals surface area contributed by atoms with E-state index in [0.29, 0.717) is 6.04 Å². The maximum absolute atomic E-state index is 9.22. The van der Waals surface area contributed by atoms with E-state index < -0.39 is 0 Å². The Kier molecular flexibility index (Phi) is 3.57. The molecule has 1 aromatic heterocycles. The van der Waals surface area contributed by atoms with Crippen LogP contribution in [0.25, 0.3) is 10.2 Å². The summed E-state index contributed by atoms with van der Waals surface area (Å²) >= 11 is 1.62. The van der Waals surface area contributed by atoms with Crippen LogP contribution >= 0.6 is 11.3 Å². The Morgan fingerprint density at radius 2 is 2.32 bits per heavy atom. The van der Waals surface area contributed by atoms with Crippen molar-refractivity contribution in [2.24, 2.45) is 0 Å². The zero-order valence-electron chi connectivity index (χ0n) is 10.9. The van der Waals surface area contributed by atoms with Crippen LogP contribution in [0.5, 0.6) is 0 Å². The molecule has 0 bridgehead atoms. The molecular weight excluding hydrogens is 258 g/mol. The molecule has 3 rings (SSSR count). The van der Waals surface area contributed by atoms with Crippen LogP contribution in [0.1, 0.15) is 25.7 Å². The molecular formula is C14H19N3OS. The van der Waals surface area contributed by atoms with Gasteiger partial charge in [-0.15, -0.1) is 11.3 Å². The van der Waals surface area contributed by atoms with Crippen LogP contribution in [-0.4, -0.2) is 29.3 Å². The SMILES string of the molecule is Nc1c(N2CCCCC2CCO)ccc2scnc12. The Balaban J connectivity index is 1.99. The highest BCUT2D eigenvalue weighted by atomic mass is 32.1. The van der Waals surface area contributed by atoms with E-state index in [9.17, 15) is 5.11 Å². The molecule has 0 saturated carbocycles. The van der Waals surface area contributed by atoms with Crippen molar-refractivity contribution in [1.82, 2.24) is 4.98 Å². The zero-order valence-corrected chi connectivity index (χ0v) is 11.7. The molecule has 1 aliphatic rings. The van der Waals surface area contributed by atoms with Crippen LogP contribution in [0.2, 0.25) is 0 Å². The van der Waals surface area contributed by atoms with E-state index in [1.807, 2.05) is 5.51 Å². The molecule has 1 fully saturated rings. The molecule has 1 aromatic carbocycles. The van der Waals surface area contributed by atoms with Crippen molar-refractivity contribution in [3.05, 3.63) is 17.6 Å². The van der Waals surface area contributed by atoms with E-state index >= 15 is 0 Å². The fraction of sp³-hybridized carbons (Fsp3) is 0.500. The first kappa shape index (κ1) is 12.7. The maximum atomic E-state index is 9.22. The van der Waals surface area contributed by atoms with Crippen molar-refractivity contribution in [2.75, 3.05) is 23.8 Å². The number of anilines is 2. The molecule has 1 unspecified atom stereocenters. The van der Waals surface area contributed by atoms with Crippen molar-refractivity contribution < 1.29 is 5.11 Å². The van der Waals surface area contributed by atoms with E-state index in [1.165, 1.54) is 12.8 Å². The first-order chi connectivity index (χ1) is 9.31. The van der Waals surface area contributed by atoms with E-state index in [2.05, 4.69) is 22.0 Å². The number of hydrogen-bond donors (Lipinski definition) is 2. The second kappa shape index (κ2) is 5.35. The van der Waals surface area contributed by atoms with Gasteiger partial charge >= 0.3 is 0 Å². The smallest absolute Gasteiger partial charge is 0.106 e. The molecule has 102 valence electrons. The summed E-state index contributed by atoms with van der Waals surface area (Å²) in [6.07, 6.45) is 4.38. The third-order valence-corrected chi connectivity index (χ3v) is 4.71. The van der Waals surface area contributed by atoms with Gasteiger partial charge in [0.1, 0.15) is 5.52 Å². The second-order valence-corrected chi connectivity index (χ2v) is 5.94. The number of rotatable bonds is 3. The molecule has 1 saturated heterocycles. The predicted molar refractivity (Wildman–Crippen MR) is 80.7 cm³/mol. The van der Waals surface area contributed by atoms with Crippen LogP contribution in [0.4, 0.5) is 11.4 Å². The molecule has 19 heavy (non-hydrogen) atoms. The van der Waals surface area contributed by atoms with Crippen LogP contribution < -0.4 is 10.6 Å². The Labute approximate surface area is 116 Å². The van der Waals surface area contributed by atoms with Gasteiger partial charge in [0.2, 0.25) is 0 Å². The fourth-order valence-corrected chi connectivity index (χ4v) is 3.65. The van der Waals surface area contributed by atoms with E-state index in [-0.39, 0.29) is 6.61 Å². The van der Waals surface area contributed by atoms with Crippen LogP contribution in [0.3, 0.4) is 0 Å². The summed E-state index contributed by atoms with van der Waals surface area (Å²) in [5.41, 5.74) is 10.9. The minimum Gasteiger partial charge on any atom is -0.396 e. The average molecular weight is 277 g/mol. The van der Waals surface area contributed by atoms with Gasteiger partial charge in [-0.25, -0.2) is 4.98 Å². The molecule has 0 spiro atoms. The number of nitrogens with two attached hydrogens (primary N) is 1.